The molecule has 2 aromatic heterocycles. The predicted molar refractivity (Wildman–Crippen MR) is 166 cm³/mol. The summed E-state index contributed by atoms with van der Waals surface area (Å²) in [6.07, 6.45) is 7.17. The minimum absolute atomic E-state index is 0.145. The van der Waals surface area contributed by atoms with Gasteiger partial charge in [-0.05, 0) is 67.6 Å². The molecule has 1 aliphatic heterocycles. The number of nitrogens with one attached hydrogen (secondary N) is 2. The highest BCUT2D eigenvalue weighted by molar-refractivity contribution is 6.04. The van der Waals surface area contributed by atoms with Gasteiger partial charge in [0.1, 0.15) is 0 Å². The molecular weight excluding hydrogens is 524 g/mol. The van der Waals surface area contributed by atoms with Gasteiger partial charge >= 0.3 is 0 Å². The number of hydrogen-bond donors (Lipinski definition) is 2. The molecule has 1 fully saturated rings. The maximum Gasteiger partial charge on any atom is 0.255 e. The Hall–Kier alpha value is -4.86. The average Bonchev–Trinajstić information content (AvgIpc) is 3.56. The van der Waals surface area contributed by atoms with Crippen molar-refractivity contribution in [1.82, 2.24) is 29.3 Å². The van der Waals surface area contributed by atoms with E-state index in [9.17, 15) is 4.79 Å². The molecule has 0 unspecified atom stereocenters. The molecule has 0 atom stereocenters. The first kappa shape index (κ1) is 27.3. The summed E-state index contributed by atoms with van der Waals surface area (Å²) in [5.74, 6) is 0.335. The molecule has 0 saturated carbocycles. The molecule has 9 nitrogen and oxygen atoms in total. The Bertz CT molecular complexity index is 1640. The Morgan fingerprint density at radius 2 is 1.69 bits per heavy atom. The van der Waals surface area contributed by atoms with E-state index in [-0.39, 0.29) is 5.91 Å². The molecule has 3 heterocycles. The van der Waals surface area contributed by atoms with Gasteiger partial charge in [0.05, 0.1) is 12.0 Å². The van der Waals surface area contributed by atoms with Crippen molar-refractivity contribution in [3.63, 3.8) is 0 Å². The van der Waals surface area contributed by atoms with E-state index < -0.39 is 0 Å². The molecule has 0 bridgehead atoms. The van der Waals surface area contributed by atoms with Crippen LogP contribution < -0.4 is 10.6 Å². The van der Waals surface area contributed by atoms with E-state index in [1.165, 1.54) is 5.56 Å². The summed E-state index contributed by atoms with van der Waals surface area (Å²) in [4.78, 5) is 31.1. The van der Waals surface area contributed by atoms with Crippen LogP contribution in [0.15, 0.2) is 97.7 Å². The van der Waals surface area contributed by atoms with Gasteiger partial charge in [0.2, 0.25) is 5.95 Å². The summed E-state index contributed by atoms with van der Waals surface area (Å²) in [5.41, 5.74) is 7.19. The summed E-state index contributed by atoms with van der Waals surface area (Å²) in [5, 5.41) is 6.35. The van der Waals surface area contributed by atoms with Crippen LogP contribution in [0.4, 0.5) is 17.3 Å². The minimum atomic E-state index is -0.145. The van der Waals surface area contributed by atoms with E-state index in [4.69, 9.17) is 4.98 Å². The standard InChI is InChI=1S/C33H34N8O/c1-24-3-10-28(36-32(42)27-6-4-25(5-7-27)22-40-19-17-39(2)18-20-40)21-31(24)38-33-35-14-13-30(37-33)26-8-11-29(12-9-26)41-16-15-34-23-41/h3-16,21,23H,17-20,22H2,1-2H3,(H,36,42)(H,35,37,38). The number of anilines is 3. The van der Waals surface area contributed by atoms with Crippen LogP contribution in [0.3, 0.4) is 0 Å². The van der Waals surface area contributed by atoms with Gasteiger partial charge in [0.15, 0.2) is 0 Å². The first-order chi connectivity index (χ1) is 20.5. The number of likely N-dealkylation sites (N-methyl/N-ethyl adjacent to an activating group) is 1. The molecule has 212 valence electrons. The molecule has 9 heteroatoms. The van der Waals surface area contributed by atoms with Crippen LogP contribution in [-0.4, -0.2) is 68.5 Å². The Labute approximate surface area is 245 Å². The maximum atomic E-state index is 13.0. The summed E-state index contributed by atoms with van der Waals surface area (Å²) >= 11 is 0. The first-order valence-corrected chi connectivity index (χ1v) is 14.1. The molecule has 0 aliphatic carbocycles. The molecule has 1 saturated heterocycles. The molecule has 1 amide bonds. The van der Waals surface area contributed by atoms with Gasteiger partial charge in [-0.3, -0.25) is 9.69 Å². The number of hydrogen-bond acceptors (Lipinski definition) is 7. The van der Waals surface area contributed by atoms with Gasteiger partial charge < -0.3 is 20.1 Å². The van der Waals surface area contributed by atoms with Gasteiger partial charge in [-0.25, -0.2) is 15.0 Å². The van der Waals surface area contributed by atoms with Crippen molar-refractivity contribution in [1.29, 1.82) is 0 Å². The lowest BCUT2D eigenvalue weighted by Gasteiger charge is -2.32. The molecule has 0 spiro atoms. The smallest absolute Gasteiger partial charge is 0.255 e. The number of aryl methyl sites for hydroxylation is 1. The Balaban J connectivity index is 1.10. The quantitative estimate of drug-likeness (QED) is 0.264. The van der Waals surface area contributed by atoms with E-state index in [1.807, 2.05) is 90.5 Å². The molecule has 3 aromatic carbocycles. The molecule has 1 aliphatic rings. The number of rotatable bonds is 8. The normalized spacial score (nSPS) is 14.0. The van der Waals surface area contributed by atoms with Gasteiger partial charge in [0, 0.05) is 79.5 Å². The fourth-order valence-corrected chi connectivity index (χ4v) is 4.98. The topological polar surface area (TPSA) is 91.2 Å². The fourth-order valence-electron chi connectivity index (χ4n) is 4.98. The van der Waals surface area contributed by atoms with E-state index in [2.05, 4.69) is 37.4 Å². The number of carbonyl (C=O) groups is 1. The average molecular weight is 559 g/mol. The highest BCUT2D eigenvalue weighted by Crippen LogP contribution is 2.25. The highest BCUT2D eigenvalue weighted by Gasteiger charge is 2.15. The maximum absolute atomic E-state index is 13.0. The van der Waals surface area contributed by atoms with Crippen molar-refractivity contribution in [2.75, 3.05) is 43.9 Å². The fraction of sp³-hybridized carbons (Fsp3) is 0.212. The van der Waals surface area contributed by atoms with Crippen LogP contribution in [0.25, 0.3) is 16.9 Å². The van der Waals surface area contributed by atoms with E-state index in [1.54, 1.807) is 18.7 Å². The molecule has 0 radical (unpaired) electrons. The number of imidazole rings is 1. The second kappa shape index (κ2) is 12.3. The molecule has 5 aromatic rings. The lowest BCUT2D eigenvalue weighted by atomic mass is 10.1. The van der Waals surface area contributed by atoms with Crippen LogP contribution in [0, 0.1) is 6.92 Å². The second-order valence-corrected chi connectivity index (χ2v) is 10.7. The molecular formula is C33H34N8O. The van der Waals surface area contributed by atoms with Crippen molar-refractivity contribution in [3.05, 3.63) is 114 Å². The number of nitrogens with zero attached hydrogens (tertiary/aromatic N) is 6. The van der Waals surface area contributed by atoms with Crippen LogP contribution in [0.2, 0.25) is 0 Å². The van der Waals surface area contributed by atoms with Crippen LogP contribution in [0.5, 0.6) is 0 Å². The molecule has 42 heavy (non-hydrogen) atoms. The SMILES string of the molecule is Cc1ccc(NC(=O)c2ccc(CN3CCN(C)CC3)cc2)cc1Nc1nccc(-c2ccc(-n3ccnc3)cc2)n1. The second-order valence-electron chi connectivity index (χ2n) is 10.7. The summed E-state index contributed by atoms with van der Waals surface area (Å²) in [7, 11) is 2.16. The van der Waals surface area contributed by atoms with Crippen molar-refractivity contribution in [2.45, 2.75) is 13.5 Å². The van der Waals surface area contributed by atoms with Crippen molar-refractivity contribution < 1.29 is 4.79 Å². The number of piperazine rings is 1. The first-order valence-electron chi connectivity index (χ1n) is 14.1. The van der Waals surface area contributed by atoms with Gasteiger partial charge in [-0.1, -0.05) is 30.3 Å². The zero-order valence-corrected chi connectivity index (χ0v) is 23.9. The number of benzene rings is 3. The van der Waals surface area contributed by atoms with Crippen molar-refractivity contribution in [2.24, 2.45) is 0 Å². The summed E-state index contributed by atoms with van der Waals surface area (Å²) < 4.78 is 1.95. The minimum Gasteiger partial charge on any atom is -0.324 e. The lowest BCUT2D eigenvalue weighted by Crippen LogP contribution is -2.43. The van der Waals surface area contributed by atoms with Crippen molar-refractivity contribution in [3.8, 4) is 16.9 Å². The van der Waals surface area contributed by atoms with Crippen LogP contribution in [0.1, 0.15) is 21.5 Å². The summed E-state index contributed by atoms with van der Waals surface area (Å²) in [6.45, 7) is 7.23. The van der Waals surface area contributed by atoms with E-state index >= 15 is 0 Å². The zero-order valence-electron chi connectivity index (χ0n) is 23.9. The summed E-state index contributed by atoms with van der Waals surface area (Å²) in [6, 6.07) is 23.7. The van der Waals surface area contributed by atoms with Gasteiger partial charge in [-0.2, -0.15) is 0 Å². The molecule has 2 N–H and O–H groups in total. The number of carbonyl (C=O) groups excluding carboxylic acids is 1. The zero-order chi connectivity index (χ0) is 28.9. The highest BCUT2D eigenvalue weighted by atomic mass is 16.1. The largest absolute Gasteiger partial charge is 0.324 e. The Morgan fingerprint density at radius 1 is 0.905 bits per heavy atom. The van der Waals surface area contributed by atoms with E-state index in [0.29, 0.717) is 17.2 Å². The third-order valence-corrected chi connectivity index (χ3v) is 7.58. The third kappa shape index (κ3) is 6.54. The van der Waals surface area contributed by atoms with Crippen molar-refractivity contribution >= 4 is 23.2 Å². The van der Waals surface area contributed by atoms with Crippen LogP contribution >= 0.6 is 0 Å². The lowest BCUT2D eigenvalue weighted by molar-refractivity contribution is 0.102. The Morgan fingerprint density at radius 3 is 2.43 bits per heavy atom. The van der Waals surface area contributed by atoms with E-state index in [0.717, 1.165) is 60.9 Å². The molecule has 6 rings (SSSR count). The monoisotopic (exact) mass is 558 g/mol. The van der Waals surface area contributed by atoms with Gasteiger partial charge in [0.25, 0.3) is 5.91 Å². The van der Waals surface area contributed by atoms with Crippen LogP contribution in [-0.2, 0) is 6.54 Å². The number of amides is 1. The Kier molecular flexibility index (Phi) is 8.02. The third-order valence-electron chi connectivity index (χ3n) is 7.58. The number of aromatic nitrogens is 4. The van der Waals surface area contributed by atoms with Gasteiger partial charge in [-0.15, -0.1) is 0 Å². The predicted octanol–water partition coefficient (Wildman–Crippen LogP) is 5.38.